The molecule has 0 saturated heterocycles. The predicted octanol–water partition coefficient (Wildman–Crippen LogP) is 4.44. The molecule has 2 aromatic carbocycles. The quantitative estimate of drug-likeness (QED) is 0.358. The van der Waals surface area contributed by atoms with Gasteiger partial charge in [-0.1, -0.05) is 24.3 Å². The van der Waals surface area contributed by atoms with Gasteiger partial charge in [0.15, 0.2) is 0 Å². The number of carbonyl (C=O) groups excluding carboxylic acids is 2. The number of fused-ring (bicyclic) bond motifs is 1. The monoisotopic (exact) mass is 508 g/mol. The van der Waals surface area contributed by atoms with Crippen molar-refractivity contribution >= 4 is 23.2 Å². The number of thiophene rings is 1. The van der Waals surface area contributed by atoms with E-state index in [0.717, 1.165) is 12.0 Å². The largest absolute Gasteiger partial charge is 0.497 e. The van der Waals surface area contributed by atoms with Gasteiger partial charge in [0.05, 0.1) is 13.2 Å². The Morgan fingerprint density at radius 2 is 1.86 bits per heavy atom. The van der Waals surface area contributed by atoms with E-state index < -0.39 is 0 Å². The van der Waals surface area contributed by atoms with Crippen LogP contribution in [-0.2, 0) is 16.0 Å². The van der Waals surface area contributed by atoms with E-state index in [1.165, 1.54) is 4.88 Å². The van der Waals surface area contributed by atoms with Gasteiger partial charge in [-0.25, -0.2) is 0 Å². The molecule has 0 saturated carbocycles. The Labute approximate surface area is 216 Å². The highest BCUT2D eigenvalue weighted by Gasteiger charge is 2.33. The number of benzene rings is 2. The van der Waals surface area contributed by atoms with Crippen LogP contribution >= 0.6 is 11.3 Å². The molecule has 3 aromatic rings. The fourth-order valence-electron chi connectivity index (χ4n) is 4.41. The van der Waals surface area contributed by atoms with Crippen molar-refractivity contribution in [1.29, 1.82) is 0 Å². The molecule has 7 nitrogen and oxygen atoms in total. The third-order valence-electron chi connectivity index (χ3n) is 6.27. The molecule has 1 aliphatic heterocycles. The summed E-state index contributed by atoms with van der Waals surface area (Å²) >= 11 is 1.71. The van der Waals surface area contributed by atoms with Crippen molar-refractivity contribution in [2.45, 2.75) is 18.9 Å². The molecule has 1 aliphatic rings. The van der Waals surface area contributed by atoms with Crippen LogP contribution in [0.15, 0.2) is 66.0 Å². The number of methoxy groups -OCH3 is 2. The summed E-state index contributed by atoms with van der Waals surface area (Å²) in [4.78, 5) is 31.7. The minimum atomic E-state index is -0.230. The molecular formula is C28H32N2O5S. The van der Waals surface area contributed by atoms with Gasteiger partial charge in [0, 0.05) is 43.3 Å². The van der Waals surface area contributed by atoms with Crippen LogP contribution in [0.5, 0.6) is 11.5 Å². The number of hydrogen-bond acceptors (Lipinski definition) is 6. The van der Waals surface area contributed by atoms with E-state index in [-0.39, 0.29) is 24.4 Å². The number of amides is 2. The van der Waals surface area contributed by atoms with Crippen molar-refractivity contribution in [1.82, 2.24) is 9.80 Å². The van der Waals surface area contributed by atoms with Crippen LogP contribution in [0.4, 0.5) is 0 Å². The Morgan fingerprint density at radius 3 is 2.64 bits per heavy atom. The molecule has 0 radical (unpaired) electrons. The maximum atomic E-state index is 13.7. The Balaban J connectivity index is 1.51. The lowest BCUT2D eigenvalue weighted by Gasteiger charge is -2.37. The molecule has 0 fully saturated rings. The van der Waals surface area contributed by atoms with Gasteiger partial charge in [-0.15, -0.1) is 11.3 Å². The van der Waals surface area contributed by atoms with Crippen LogP contribution in [0.1, 0.15) is 33.3 Å². The number of ether oxygens (including phenoxy) is 3. The smallest absolute Gasteiger partial charge is 0.254 e. The standard InChI is InChI=1S/C28H32N2O5S/c1-33-16-7-14-29(28(32)21-8-4-3-5-9-21)19-27(31)30-15-12-26-24(13-17-36-26)25(30)20-35-23-11-6-10-22(18-23)34-2/h3-6,8-11,13,17-18,25H,7,12,14-16,19-20H2,1-2H3/t25-/m0/s1. The topological polar surface area (TPSA) is 68.3 Å². The minimum Gasteiger partial charge on any atom is -0.497 e. The second-order valence-electron chi connectivity index (χ2n) is 8.58. The molecule has 4 rings (SSSR count). The first-order valence-corrected chi connectivity index (χ1v) is 12.9. The first-order chi connectivity index (χ1) is 17.6. The summed E-state index contributed by atoms with van der Waals surface area (Å²) in [7, 11) is 3.25. The Morgan fingerprint density at radius 1 is 1.06 bits per heavy atom. The molecule has 0 bridgehead atoms. The molecule has 1 aromatic heterocycles. The van der Waals surface area contributed by atoms with E-state index in [4.69, 9.17) is 14.2 Å². The summed E-state index contributed by atoms with van der Waals surface area (Å²) in [5.41, 5.74) is 1.68. The van der Waals surface area contributed by atoms with Crippen molar-refractivity contribution < 1.29 is 23.8 Å². The molecule has 2 heterocycles. The fourth-order valence-corrected chi connectivity index (χ4v) is 5.34. The summed E-state index contributed by atoms with van der Waals surface area (Å²) in [6, 6.07) is 18.4. The number of rotatable bonds is 11. The SMILES string of the molecule is COCCCN(CC(=O)N1CCc2sccc2[C@@H]1COc1cccc(OC)c1)C(=O)c1ccccc1. The summed E-state index contributed by atoms with van der Waals surface area (Å²) in [6.07, 6.45) is 1.45. The molecule has 2 amide bonds. The Bertz CT molecular complexity index is 1150. The van der Waals surface area contributed by atoms with Gasteiger partial charge in [-0.3, -0.25) is 9.59 Å². The van der Waals surface area contributed by atoms with Crippen LogP contribution in [0, 0.1) is 0 Å². The lowest BCUT2D eigenvalue weighted by molar-refractivity contribution is -0.135. The Kier molecular flexibility index (Phi) is 8.97. The summed E-state index contributed by atoms with van der Waals surface area (Å²) in [5.74, 6) is 1.15. The summed E-state index contributed by atoms with van der Waals surface area (Å²) in [6.45, 7) is 1.87. The van der Waals surface area contributed by atoms with E-state index in [9.17, 15) is 9.59 Å². The molecule has 36 heavy (non-hydrogen) atoms. The highest BCUT2D eigenvalue weighted by molar-refractivity contribution is 7.10. The first-order valence-electron chi connectivity index (χ1n) is 12.1. The van der Waals surface area contributed by atoms with E-state index in [1.54, 1.807) is 42.6 Å². The van der Waals surface area contributed by atoms with Crippen LogP contribution < -0.4 is 9.47 Å². The maximum absolute atomic E-state index is 13.7. The molecule has 190 valence electrons. The molecule has 0 spiro atoms. The van der Waals surface area contributed by atoms with Gasteiger partial charge < -0.3 is 24.0 Å². The van der Waals surface area contributed by atoms with E-state index >= 15 is 0 Å². The Hall–Kier alpha value is -3.36. The number of nitrogens with zero attached hydrogens (tertiary/aromatic N) is 2. The minimum absolute atomic E-state index is 0.00652. The number of hydrogen-bond donors (Lipinski definition) is 0. The highest BCUT2D eigenvalue weighted by Crippen LogP contribution is 2.34. The third kappa shape index (κ3) is 6.25. The molecule has 8 heteroatoms. The highest BCUT2D eigenvalue weighted by atomic mass is 32.1. The molecule has 1 atom stereocenters. The second-order valence-corrected chi connectivity index (χ2v) is 9.58. The third-order valence-corrected chi connectivity index (χ3v) is 7.27. The molecule has 0 unspecified atom stereocenters. The van der Waals surface area contributed by atoms with Gasteiger partial charge >= 0.3 is 0 Å². The van der Waals surface area contributed by atoms with Gasteiger partial charge in [0.25, 0.3) is 5.91 Å². The van der Waals surface area contributed by atoms with Crippen molar-refractivity contribution in [2.75, 3.05) is 47.1 Å². The van der Waals surface area contributed by atoms with Crippen molar-refractivity contribution in [3.05, 3.63) is 82.0 Å². The maximum Gasteiger partial charge on any atom is 0.254 e. The van der Waals surface area contributed by atoms with Gasteiger partial charge in [-0.05, 0) is 54.1 Å². The van der Waals surface area contributed by atoms with Crippen LogP contribution in [0.3, 0.4) is 0 Å². The van der Waals surface area contributed by atoms with Crippen LogP contribution in [0.2, 0.25) is 0 Å². The van der Waals surface area contributed by atoms with E-state index in [0.29, 0.717) is 49.8 Å². The average molecular weight is 509 g/mol. The average Bonchev–Trinajstić information content (AvgIpc) is 3.40. The van der Waals surface area contributed by atoms with Gasteiger partial charge in [0.2, 0.25) is 5.91 Å². The van der Waals surface area contributed by atoms with Crippen molar-refractivity contribution in [3.8, 4) is 11.5 Å². The lowest BCUT2D eigenvalue weighted by atomic mass is 10.0. The predicted molar refractivity (Wildman–Crippen MR) is 140 cm³/mol. The van der Waals surface area contributed by atoms with Crippen LogP contribution in [0.25, 0.3) is 0 Å². The number of carbonyl (C=O) groups is 2. The van der Waals surface area contributed by atoms with E-state index in [1.807, 2.05) is 47.4 Å². The van der Waals surface area contributed by atoms with Crippen molar-refractivity contribution in [3.63, 3.8) is 0 Å². The molecular weight excluding hydrogens is 476 g/mol. The normalized spacial score (nSPS) is 14.7. The fraction of sp³-hybridized carbons (Fsp3) is 0.357. The van der Waals surface area contributed by atoms with E-state index in [2.05, 4.69) is 11.4 Å². The first kappa shape index (κ1) is 25.7. The summed E-state index contributed by atoms with van der Waals surface area (Å²) < 4.78 is 16.6. The zero-order valence-corrected chi connectivity index (χ0v) is 21.5. The van der Waals surface area contributed by atoms with Crippen molar-refractivity contribution in [2.24, 2.45) is 0 Å². The summed E-state index contributed by atoms with van der Waals surface area (Å²) in [5, 5.41) is 2.06. The zero-order chi connectivity index (χ0) is 25.3. The molecule has 0 aliphatic carbocycles. The van der Waals surface area contributed by atoms with Gasteiger partial charge in [-0.2, -0.15) is 0 Å². The van der Waals surface area contributed by atoms with Gasteiger partial charge in [0.1, 0.15) is 24.7 Å². The molecule has 0 N–H and O–H groups in total. The van der Waals surface area contributed by atoms with Crippen LogP contribution in [-0.4, -0.2) is 68.7 Å². The second kappa shape index (κ2) is 12.6. The zero-order valence-electron chi connectivity index (χ0n) is 20.7. The lowest BCUT2D eigenvalue weighted by Crippen LogP contribution is -2.48.